The van der Waals surface area contributed by atoms with Crippen molar-refractivity contribution in [3.63, 3.8) is 0 Å². The summed E-state index contributed by atoms with van der Waals surface area (Å²) >= 11 is 0. The summed E-state index contributed by atoms with van der Waals surface area (Å²) in [7, 11) is 0. The maximum atomic E-state index is 13.2. The summed E-state index contributed by atoms with van der Waals surface area (Å²) in [6.07, 6.45) is -24.3. The van der Waals surface area contributed by atoms with E-state index < -0.39 is 182 Å². The molecule has 0 unspecified atom stereocenters. The Kier molecular flexibility index (Phi) is 15.2. The maximum absolute atomic E-state index is 13.2. The number of aliphatic hydroxyl groups excluding tert-OH is 14. The molecule has 0 aromatic rings. The number of aliphatic carboxylic acids is 1. The molecule has 0 spiro atoms. The number of aliphatic hydroxyl groups is 14. The number of fused-ring (bicyclic) bond motifs is 7. The van der Waals surface area contributed by atoms with Gasteiger partial charge >= 0.3 is 5.97 Å². The van der Waals surface area contributed by atoms with Gasteiger partial charge < -0.3 is 105 Å². The van der Waals surface area contributed by atoms with Crippen LogP contribution in [0.1, 0.15) is 86.0 Å². The Balaban J connectivity index is 0.985. The van der Waals surface area contributed by atoms with Crippen molar-refractivity contribution in [2.24, 2.45) is 50.2 Å². The molecule has 0 amide bonds. The monoisotopic (exact) mass is 1010 g/mol. The number of ether oxygens (including phenoxy) is 6. The molecule has 3 heterocycles. The number of allylic oxidation sites excluding steroid dienone is 2. The number of carboxylic acids is 1. The van der Waals surface area contributed by atoms with Gasteiger partial charge in [-0.15, -0.1) is 0 Å². The molecule has 8 rings (SSSR count). The number of carboxylic acid groups (broad SMARTS) is 1. The van der Waals surface area contributed by atoms with Gasteiger partial charge in [0, 0.05) is 5.41 Å². The molecule has 3 aliphatic heterocycles. The molecule has 0 aromatic heterocycles. The van der Waals surface area contributed by atoms with E-state index in [1.54, 1.807) is 0 Å². The molecule has 402 valence electrons. The van der Waals surface area contributed by atoms with Gasteiger partial charge in [-0.1, -0.05) is 46.3 Å². The van der Waals surface area contributed by atoms with E-state index in [9.17, 15) is 81.4 Å². The lowest BCUT2D eigenvalue weighted by atomic mass is 9.33. The SMILES string of the molecule is CC1(C)CC[C@]2(C(=O)O)[C@H](O)C[C@]3(C)C(=CC[C@@H]4[C@@]5(C)C[C@H](O)[C@H](O[C@@H]6O[C@H](CO[C@@H]7O[C@H](CO[C@@H]8O[C@H](CO)[C@@H](O)[C@H](O)[C@H]8O)[C@@H](O)[C@H](O)[C@H]7O)[C@@H](O)[C@H](O)[C@H]6O)C(CO)(CO)[C@@H]5CC[C@]43C)[C@@H]2C1. The smallest absolute Gasteiger partial charge is 0.312 e. The number of hydrogen-bond donors (Lipinski definition) is 15. The average Bonchev–Trinajstić information content (AvgIpc) is 3.30. The lowest BCUT2D eigenvalue weighted by Crippen LogP contribution is -2.71. The number of hydrogen-bond acceptors (Lipinski definition) is 21. The molecule has 22 heteroatoms. The highest BCUT2D eigenvalue weighted by Crippen LogP contribution is 2.76. The van der Waals surface area contributed by atoms with Crippen molar-refractivity contribution in [1.29, 1.82) is 0 Å². The highest BCUT2D eigenvalue weighted by molar-refractivity contribution is 5.77. The molecule has 15 N–H and O–H groups in total. The van der Waals surface area contributed by atoms with E-state index in [0.717, 1.165) is 5.57 Å². The van der Waals surface area contributed by atoms with E-state index in [2.05, 4.69) is 33.8 Å². The van der Waals surface area contributed by atoms with Crippen molar-refractivity contribution in [2.75, 3.05) is 33.0 Å². The topological polar surface area (TPSA) is 376 Å². The van der Waals surface area contributed by atoms with Crippen molar-refractivity contribution < 1.29 is 110 Å². The van der Waals surface area contributed by atoms with Crippen molar-refractivity contribution in [2.45, 2.75) is 196 Å². The number of carbonyl (C=O) groups is 1. The lowest BCUT2D eigenvalue weighted by Gasteiger charge is -2.72. The van der Waals surface area contributed by atoms with Gasteiger partial charge in [0.2, 0.25) is 0 Å². The summed E-state index contributed by atoms with van der Waals surface area (Å²) < 4.78 is 34.5. The molecular formula is C48H78O22. The van der Waals surface area contributed by atoms with Crippen LogP contribution in [-0.2, 0) is 33.2 Å². The first-order chi connectivity index (χ1) is 32.7. The van der Waals surface area contributed by atoms with Gasteiger partial charge in [0.1, 0.15) is 78.7 Å². The summed E-state index contributed by atoms with van der Waals surface area (Å²) in [6.45, 7) is 7.21. The Labute approximate surface area is 406 Å². The van der Waals surface area contributed by atoms with E-state index in [1.165, 1.54) is 0 Å². The van der Waals surface area contributed by atoms with Gasteiger partial charge in [-0.2, -0.15) is 0 Å². The molecule has 22 nitrogen and oxygen atoms in total. The van der Waals surface area contributed by atoms with Crippen LogP contribution in [0, 0.1) is 50.2 Å². The third-order valence-corrected chi connectivity index (χ3v) is 19.5. The Morgan fingerprint density at radius 3 is 1.67 bits per heavy atom. The van der Waals surface area contributed by atoms with E-state index in [-0.39, 0.29) is 30.1 Å². The van der Waals surface area contributed by atoms with Crippen molar-refractivity contribution in [1.82, 2.24) is 0 Å². The van der Waals surface area contributed by atoms with Gasteiger partial charge in [0.25, 0.3) is 0 Å². The molecule has 0 bridgehead atoms. The van der Waals surface area contributed by atoms with Crippen molar-refractivity contribution in [3.8, 4) is 0 Å². The van der Waals surface area contributed by atoms with Crippen LogP contribution in [0.25, 0.3) is 0 Å². The zero-order chi connectivity index (χ0) is 51.4. The highest BCUT2D eigenvalue weighted by Gasteiger charge is 2.73. The van der Waals surface area contributed by atoms with Crippen LogP contribution >= 0.6 is 0 Å². The standard InChI is InChI=1S/C48H78O22/c1-43(2)10-11-48(42(63)64)21(12-43)20-6-7-26-44(3)13-22(52)38(47(18-50,19-51)27(44)8-9-45(26,4)46(20,5)14-28(48)53)70-41-37(62)34(59)31(56)25(69-41)17-66-40-36(61)33(58)30(55)24(68-40)16-65-39-35(60)32(57)29(54)23(15-49)67-39/h6,21-41,49-62H,7-19H2,1-5H3,(H,63,64)/t21-,22-,23+,24+,25+,26+,27+,28+,29+,30+,31+,32-,33-,34-,35+,36+,37+,38-,39+,40+,41-,44+,45+,46+,48+/m0/s1. The Morgan fingerprint density at radius 2 is 1.14 bits per heavy atom. The van der Waals surface area contributed by atoms with E-state index in [0.29, 0.717) is 38.5 Å². The quantitative estimate of drug-likeness (QED) is 0.0669. The molecule has 5 aliphatic carbocycles. The second-order valence-corrected chi connectivity index (χ2v) is 23.6. The molecule has 0 radical (unpaired) electrons. The third kappa shape index (κ3) is 8.36. The van der Waals surface area contributed by atoms with Crippen LogP contribution in [0.3, 0.4) is 0 Å². The highest BCUT2D eigenvalue weighted by atomic mass is 16.7. The zero-order valence-electron chi connectivity index (χ0n) is 40.5. The normalized spacial score (nSPS) is 53.1. The third-order valence-electron chi connectivity index (χ3n) is 19.5. The fourth-order valence-electron chi connectivity index (χ4n) is 15.2. The molecule has 0 aromatic carbocycles. The van der Waals surface area contributed by atoms with E-state index >= 15 is 0 Å². The fraction of sp³-hybridized carbons (Fsp3) is 0.938. The molecule has 4 saturated carbocycles. The molecule has 8 aliphatic rings. The number of rotatable bonds is 12. The van der Waals surface area contributed by atoms with E-state index in [1.807, 2.05) is 6.92 Å². The summed E-state index contributed by atoms with van der Waals surface area (Å²) in [5, 5.41) is 164. The average molecular weight is 1010 g/mol. The lowest BCUT2D eigenvalue weighted by molar-refractivity contribution is -0.360. The summed E-state index contributed by atoms with van der Waals surface area (Å²) in [5.74, 6) is -2.04. The second kappa shape index (κ2) is 19.5. The first-order valence-electron chi connectivity index (χ1n) is 24.8. The minimum Gasteiger partial charge on any atom is -0.481 e. The predicted molar refractivity (Wildman–Crippen MR) is 236 cm³/mol. The molecular weight excluding hydrogens is 929 g/mol. The first-order valence-corrected chi connectivity index (χ1v) is 24.8. The van der Waals surface area contributed by atoms with Crippen LogP contribution in [0.4, 0.5) is 0 Å². The van der Waals surface area contributed by atoms with Gasteiger partial charge in [-0.3, -0.25) is 4.79 Å². The van der Waals surface area contributed by atoms with Crippen LogP contribution < -0.4 is 0 Å². The Morgan fingerprint density at radius 1 is 0.629 bits per heavy atom. The van der Waals surface area contributed by atoms with E-state index in [4.69, 9.17) is 28.4 Å². The van der Waals surface area contributed by atoms with Crippen molar-refractivity contribution >= 4 is 5.97 Å². The predicted octanol–water partition coefficient (Wildman–Crippen LogP) is -3.41. The minimum atomic E-state index is -1.94. The van der Waals surface area contributed by atoms with Gasteiger partial charge in [0.05, 0.1) is 51.3 Å². The maximum Gasteiger partial charge on any atom is 0.312 e. The summed E-state index contributed by atoms with van der Waals surface area (Å²) in [4.78, 5) is 13.2. The molecule has 3 saturated heterocycles. The van der Waals surface area contributed by atoms with Gasteiger partial charge in [0.15, 0.2) is 18.9 Å². The zero-order valence-corrected chi connectivity index (χ0v) is 40.5. The van der Waals surface area contributed by atoms with Crippen LogP contribution in [-0.4, -0.2) is 226 Å². The first kappa shape index (κ1) is 54.7. The second-order valence-electron chi connectivity index (χ2n) is 23.6. The van der Waals surface area contributed by atoms with Gasteiger partial charge in [-0.25, -0.2) is 0 Å². The summed E-state index contributed by atoms with van der Waals surface area (Å²) in [5.41, 5.74) is -3.87. The largest absolute Gasteiger partial charge is 0.481 e. The molecule has 25 atom stereocenters. The Hall–Kier alpha value is -1.59. The fourth-order valence-corrected chi connectivity index (χ4v) is 15.2. The summed E-state index contributed by atoms with van der Waals surface area (Å²) in [6, 6.07) is 0. The minimum absolute atomic E-state index is 0.106. The van der Waals surface area contributed by atoms with Crippen LogP contribution in [0.5, 0.6) is 0 Å². The van der Waals surface area contributed by atoms with Crippen molar-refractivity contribution in [3.05, 3.63) is 11.6 Å². The molecule has 70 heavy (non-hydrogen) atoms. The van der Waals surface area contributed by atoms with Gasteiger partial charge in [-0.05, 0) is 90.8 Å². The van der Waals surface area contributed by atoms with Crippen LogP contribution in [0.2, 0.25) is 0 Å². The Bertz CT molecular complexity index is 1900. The van der Waals surface area contributed by atoms with Crippen LogP contribution in [0.15, 0.2) is 11.6 Å². The molecule has 7 fully saturated rings.